The molecule has 0 fully saturated rings. The third kappa shape index (κ3) is 6.34. The molecule has 0 amide bonds. The van der Waals surface area contributed by atoms with Crippen LogP contribution in [0.1, 0.15) is 24.2 Å². The summed E-state index contributed by atoms with van der Waals surface area (Å²) in [6.07, 6.45) is -0.167. The van der Waals surface area contributed by atoms with Crippen LogP contribution < -0.4 is 0 Å². The van der Waals surface area contributed by atoms with Crippen molar-refractivity contribution in [3.63, 3.8) is 0 Å². The Balaban J connectivity index is 0.000000364. The van der Waals surface area contributed by atoms with Gasteiger partial charge in [-0.15, -0.1) is 0 Å². The molecule has 1 rings (SSSR count). The van der Waals surface area contributed by atoms with Gasteiger partial charge in [0.25, 0.3) is 0 Å². The summed E-state index contributed by atoms with van der Waals surface area (Å²) in [5.41, 5.74) is 0.560. The van der Waals surface area contributed by atoms with Crippen LogP contribution in [0, 0.1) is 0 Å². The van der Waals surface area contributed by atoms with E-state index in [1.165, 1.54) is 0 Å². The first-order valence-electron chi connectivity index (χ1n) is 4.45. The van der Waals surface area contributed by atoms with E-state index in [1.54, 1.807) is 38.1 Å². The fraction of sp³-hybridized carbons (Fsp3) is 0.364. The molecule has 0 bridgehead atoms. The Bertz CT molecular complexity index is 252. The highest BCUT2D eigenvalue weighted by Crippen LogP contribution is 1.97. The molecule has 0 aliphatic carbocycles. The summed E-state index contributed by atoms with van der Waals surface area (Å²) in [6.45, 7) is 3.03. The second-order valence-electron chi connectivity index (χ2n) is 3.04. The minimum absolute atomic E-state index is 0.167. The first kappa shape index (κ1) is 12.8. The van der Waals surface area contributed by atoms with Gasteiger partial charge in [-0.05, 0) is 13.8 Å². The highest BCUT2D eigenvalue weighted by atomic mass is 16.3. The molecule has 0 spiro atoms. The Kier molecular flexibility index (Phi) is 6.62. The van der Waals surface area contributed by atoms with Crippen LogP contribution in [0.4, 0.5) is 0 Å². The number of carbonyl (C=O) groups excluding carboxylic acids is 1. The van der Waals surface area contributed by atoms with Gasteiger partial charge in [-0.2, -0.15) is 0 Å². The number of carbonyl (C=O) groups is 1. The topological polar surface area (TPSA) is 57.5 Å². The highest BCUT2D eigenvalue weighted by molar-refractivity contribution is 5.96. The average molecular weight is 196 g/mol. The SMILES string of the molecule is CC(C)O.O=C(CO)c1ccccc1. The van der Waals surface area contributed by atoms with E-state index in [4.69, 9.17) is 10.2 Å². The van der Waals surface area contributed by atoms with Crippen LogP contribution in [0.3, 0.4) is 0 Å². The largest absolute Gasteiger partial charge is 0.394 e. The van der Waals surface area contributed by atoms with Crippen LogP contribution in [0.15, 0.2) is 30.3 Å². The molecule has 0 aliphatic rings. The maximum absolute atomic E-state index is 10.8. The number of benzene rings is 1. The van der Waals surface area contributed by atoms with Crippen LogP contribution in [0.2, 0.25) is 0 Å². The fourth-order valence-corrected chi connectivity index (χ4v) is 0.715. The minimum Gasteiger partial charge on any atom is -0.394 e. The van der Waals surface area contributed by atoms with E-state index >= 15 is 0 Å². The van der Waals surface area contributed by atoms with E-state index in [2.05, 4.69) is 0 Å². The van der Waals surface area contributed by atoms with Crippen LogP contribution in [-0.2, 0) is 0 Å². The van der Waals surface area contributed by atoms with Crippen LogP contribution in [0.5, 0.6) is 0 Å². The van der Waals surface area contributed by atoms with Gasteiger partial charge in [0, 0.05) is 11.7 Å². The summed E-state index contributed by atoms with van der Waals surface area (Å²) < 4.78 is 0. The van der Waals surface area contributed by atoms with Gasteiger partial charge in [0.05, 0.1) is 0 Å². The molecule has 0 unspecified atom stereocenters. The van der Waals surface area contributed by atoms with Gasteiger partial charge in [-0.3, -0.25) is 4.79 Å². The number of aliphatic hydroxyl groups is 2. The lowest BCUT2D eigenvalue weighted by atomic mass is 10.1. The average Bonchev–Trinajstić information content (AvgIpc) is 2.17. The maximum atomic E-state index is 10.8. The standard InChI is InChI=1S/C8H8O2.C3H8O/c9-6-8(10)7-4-2-1-3-5-7;1-3(2)4/h1-5,9H,6H2;3-4H,1-2H3. The molecule has 1 aromatic carbocycles. The van der Waals surface area contributed by atoms with Gasteiger partial charge < -0.3 is 10.2 Å². The zero-order valence-electron chi connectivity index (χ0n) is 8.47. The molecule has 0 heterocycles. The molecule has 2 N–H and O–H groups in total. The molecule has 3 nitrogen and oxygen atoms in total. The Hall–Kier alpha value is -1.19. The lowest BCUT2D eigenvalue weighted by Crippen LogP contribution is -2.02. The van der Waals surface area contributed by atoms with Crippen LogP contribution in [0.25, 0.3) is 0 Å². The molecule has 0 saturated carbocycles. The Morgan fingerprint density at radius 1 is 1.29 bits per heavy atom. The number of hydrogen-bond donors (Lipinski definition) is 2. The van der Waals surface area contributed by atoms with Crippen molar-refractivity contribution in [2.24, 2.45) is 0 Å². The van der Waals surface area contributed by atoms with Gasteiger partial charge in [0.15, 0.2) is 5.78 Å². The number of aliphatic hydroxyl groups excluding tert-OH is 2. The van der Waals surface area contributed by atoms with Crippen molar-refractivity contribution in [2.45, 2.75) is 20.0 Å². The number of hydrogen-bond acceptors (Lipinski definition) is 3. The molecule has 0 radical (unpaired) electrons. The molecule has 0 saturated heterocycles. The molecule has 3 heteroatoms. The van der Waals surface area contributed by atoms with E-state index < -0.39 is 6.61 Å². The Labute approximate surface area is 84.0 Å². The normalized spacial score (nSPS) is 9.21. The minimum atomic E-state index is -0.413. The predicted octanol–water partition coefficient (Wildman–Crippen LogP) is 1.25. The van der Waals surface area contributed by atoms with Gasteiger partial charge in [0.1, 0.15) is 6.61 Å². The van der Waals surface area contributed by atoms with E-state index in [9.17, 15) is 4.79 Å². The lowest BCUT2D eigenvalue weighted by molar-refractivity contribution is 0.0903. The van der Waals surface area contributed by atoms with Crippen molar-refractivity contribution < 1.29 is 15.0 Å². The predicted molar refractivity (Wildman–Crippen MR) is 55.2 cm³/mol. The second kappa shape index (κ2) is 7.24. The zero-order valence-corrected chi connectivity index (χ0v) is 8.47. The summed E-state index contributed by atoms with van der Waals surface area (Å²) >= 11 is 0. The molecule has 78 valence electrons. The van der Waals surface area contributed by atoms with Crippen molar-refractivity contribution in [3.05, 3.63) is 35.9 Å². The third-order valence-corrected chi connectivity index (χ3v) is 1.24. The monoisotopic (exact) mass is 196 g/mol. The van der Waals surface area contributed by atoms with Crippen molar-refractivity contribution in [3.8, 4) is 0 Å². The summed E-state index contributed by atoms with van der Waals surface area (Å²) in [7, 11) is 0. The Morgan fingerprint density at radius 2 is 1.71 bits per heavy atom. The summed E-state index contributed by atoms with van der Waals surface area (Å²) in [6, 6.07) is 8.72. The van der Waals surface area contributed by atoms with Crippen LogP contribution in [-0.4, -0.2) is 28.7 Å². The first-order valence-corrected chi connectivity index (χ1v) is 4.45. The summed E-state index contributed by atoms with van der Waals surface area (Å²) in [4.78, 5) is 10.8. The number of Topliss-reactive ketones (excluding diaryl/α,β-unsaturated/α-hetero) is 1. The van der Waals surface area contributed by atoms with Crippen molar-refractivity contribution in [2.75, 3.05) is 6.61 Å². The molecule has 0 aromatic heterocycles. The number of ketones is 1. The molecule has 1 aromatic rings. The van der Waals surface area contributed by atoms with Crippen molar-refractivity contribution in [1.29, 1.82) is 0 Å². The zero-order chi connectivity index (χ0) is 11.0. The quantitative estimate of drug-likeness (QED) is 0.700. The maximum Gasteiger partial charge on any atom is 0.188 e. The first-order chi connectivity index (χ1) is 6.57. The van der Waals surface area contributed by atoms with Gasteiger partial charge in [0.2, 0.25) is 0 Å². The molecular formula is C11H16O3. The molecule has 0 aliphatic heterocycles. The van der Waals surface area contributed by atoms with E-state index in [-0.39, 0.29) is 11.9 Å². The van der Waals surface area contributed by atoms with Gasteiger partial charge in [-0.25, -0.2) is 0 Å². The van der Waals surface area contributed by atoms with E-state index in [0.29, 0.717) is 5.56 Å². The second-order valence-corrected chi connectivity index (χ2v) is 3.04. The van der Waals surface area contributed by atoms with E-state index in [0.717, 1.165) is 0 Å². The Morgan fingerprint density at radius 3 is 2.07 bits per heavy atom. The summed E-state index contributed by atoms with van der Waals surface area (Å²) in [5.74, 6) is -0.236. The van der Waals surface area contributed by atoms with Gasteiger partial charge in [-0.1, -0.05) is 30.3 Å². The van der Waals surface area contributed by atoms with Crippen LogP contribution >= 0.6 is 0 Å². The van der Waals surface area contributed by atoms with E-state index in [1.807, 2.05) is 6.07 Å². The van der Waals surface area contributed by atoms with Gasteiger partial charge >= 0.3 is 0 Å². The lowest BCUT2D eigenvalue weighted by Gasteiger charge is -1.93. The highest BCUT2D eigenvalue weighted by Gasteiger charge is 1.99. The molecular weight excluding hydrogens is 180 g/mol. The smallest absolute Gasteiger partial charge is 0.188 e. The molecule has 14 heavy (non-hydrogen) atoms. The third-order valence-electron chi connectivity index (χ3n) is 1.24. The number of rotatable bonds is 2. The summed E-state index contributed by atoms with van der Waals surface area (Å²) in [5, 5.41) is 16.5. The molecule has 0 atom stereocenters. The van der Waals surface area contributed by atoms with Crippen molar-refractivity contribution in [1.82, 2.24) is 0 Å². The fourth-order valence-electron chi connectivity index (χ4n) is 0.715. The van der Waals surface area contributed by atoms with Crippen molar-refractivity contribution >= 4 is 5.78 Å².